The molecular formula is C13H15N5. The molecular weight excluding hydrogens is 226 g/mol. The third-order valence-corrected chi connectivity index (χ3v) is 2.80. The molecule has 5 heteroatoms. The van der Waals surface area contributed by atoms with Crippen LogP contribution in [0.15, 0.2) is 30.5 Å². The quantitative estimate of drug-likeness (QED) is 0.861. The lowest BCUT2D eigenvalue weighted by Crippen LogP contribution is -2.06. The van der Waals surface area contributed by atoms with Gasteiger partial charge in [0, 0.05) is 11.7 Å². The summed E-state index contributed by atoms with van der Waals surface area (Å²) in [5.41, 5.74) is 2.19. The molecule has 1 fully saturated rings. The summed E-state index contributed by atoms with van der Waals surface area (Å²) < 4.78 is 0. The molecule has 1 saturated carbocycles. The standard InChI is InChI=1S/C13H15N5/c1-9-2-4-11(5-3-9)16-13-17-12(8-14-18-13)15-10-6-7-10/h2-5,8,10H,6-7H2,1H3,(H2,15,16,17,18). The lowest BCUT2D eigenvalue weighted by atomic mass is 10.2. The van der Waals surface area contributed by atoms with E-state index in [0.29, 0.717) is 12.0 Å². The van der Waals surface area contributed by atoms with E-state index in [4.69, 9.17) is 0 Å². The Kier molecular flexibility index (Phi) is 2.80. The molecule has 1 heterocycles. The van der Waals surface area contributed by atoms with Crippen LogP contribution in [0.2, 0.25) is 0 Å². The van der Waals surface area contributed by atoms with Crippen LogP contribution in [-0.2, 0) is 0 Å². The summed E-state index contributed by atoms with van der Waals surface area (Å²) >= 11 is 0. The average Bonchev–Trinajstić information content (AvgIpc) is 3.17. The van der Waals surface area contributed by atoms with Gasteiger partial charge in [-0.3, -0.25) is 0 Å². The SMILES string of the molecule is Cc1ccc(Nc2nncc(NC3CC3)n2)cc1. The Bertz CT molecular complexity index is 533. The van der Waals surface area contributed by atoms with E-state index < -0.39 is 0 Å². The number of nitrogens with zero attached hydrogens (tertiary/aromatic N) is 3. The van der Waals surface area contributed by atoms with Crippen LogP contribution >= 0.6 is 0 Å². The second-order valence-electron chi connectivity index (χ2n) is 4.57. The van der Waals surface area contributed by atoms with Crippen LogP contribution in [0, 0.1) is 6.92 Å². The number of hydrogen-bond donors (Lipinski definition) is 2. The molecule has 0 saturated heterocycles. The van der Waals surface area contributed by atoms with Crippen molar-refractivity contribution in [2.75, 3.05) is 10.6 Å². The Hall–Kier alpha value is -2.17. The minimum Gasteiger partial charge on any atom is -0.366 e. The fraction of sp³-hybridized carbons (Fsp3) is 0.308. The van der Waals surface area contributed by atoms with Gasteiger partial charge in [0.15, 0.2) is 5.82 Å². The highest BCUT2D eigenvalue weighted by Gasteiger charge is 2.21. The van der Waals surface area contributed by atoms with Crippen molar-refractivity contribution < 1.29 is 0 Å². The monoisotopic (exact) mass is 241 g/mol. The number of anilines is 3. The first-order valence-corrected chi connectivity index (χ1v) is 6.09. The Labute approximate surface area is 106 Å². The molecule has 0 radical (unpaired) electrons. The smallest absolute Gasteiger partial charge is 0.249 e. The van der Waals surface area contributed by atoms with Gasteiger partial charge in [0.25, 0.3) is 0 Å². The molecule has 1 aliphatic rings. The lowest BCUT2D eigenvalue weighted by molar-refractivity contribution is 0.965. The molecule has 0 spiro atoms. The van der Waals surface area contributed by atoms with Crippen LogP contribution in [0.4, 0.5) is 17.5 Å². The molecule has 0 amide bonds. The zero-order valence-corrected chi connectivity index (χ0v) is 10.2. The van der Waals surface area contributed by atoms with Gasteiger partial charge in [-0.15, -0.1) is 5.10 Å². The topological polar surface area (TPSA) is 62.7 Å². The summed E-state index contributed by atoms with van der Waals surface area (Å²) in [7, 11) is 0. The highest BCUT2D eigenvalue weighted by atomic mass is 15.3. The van der Waals surface area contributed by atoms with Gasteiger partial charge < -0.3 is 10.6 Å². The van der Waals surface area contributed by atoms with Gasteiger partial charge in [-0.25, -0.2) is 0 Å². The van der Waals surface area contributed by atoms with E-state index in [1.54, 1.807) is 6.20 Å². The maximum atomic E-state index is 4.37. The number of aryl methyl sites for hydroxylation is 1. The number of hydrogen-bond acceptors (Lipinski definition) is 5. The minimum absolute atomic E-state index is 0.518. The molecule has 18 heavy (non-hydrogen) atoms. The predicted octanol–water partition coefficient (Wildman–Crippen LogP) is 2.50. The predicted molar refractivity (Wildman–Crippen MR) is 70.9 cm³/mol. The highest BCUT2D eigenvalue weighted by Crippen LogP contribution is 2.23. The van der Waals surface area contributed by atoms with Gasteiger partial charge in [-0.05, 0) is 31.9 Å². The van der Waals surface area contributed by atoms with E-state index in [9.17, 15) is 0 Å². The molecule has 92 valence electrons. The first kappa shape index (κ1) is 11.0. The normalized spacial score (nSPS) is 14.3. The lowest BCUT2D eigenvalue weighted by Gasteiger charge is -2.06. The van der Waals surface area contributed by atoms with Crippen LogP contribution in [0.3, 0.4) is 0 Å². The van der Waals surface area contributed by atoms with Crippen LogP contribution < -0.4 is 10.6 Å². The van der Waals surface area contributed by atoms with E-state index in [2.05, 4.69) is 32.7 Å². The van der Waals surface area contributed by atoms with E-state index in [1.807, 2.05) is 24.3 Å². The summed E-state index contributed by atoms with van der Waals surface area (Å²) in [5, 5.41) is 14.4. The van der Waals surface area contributed by atoms with Crippen LogP contribution in [0.25, 0.3) is 0 Å². The summed E-state index contributed by atoms with van der Waals surface area (Å²) in [4.78, 5) is 4.37. The highest BCUT2D eigenvalue weighted by molar-refractivity contribution is 5.54. The van der Waals surface area contributed by atoms with Crippen LogP contribution in [-0.4, -0.2) is 21.2 Å². The fourth-order valence-corrected chi connectivity index (χ4v) is 1.63. The van der Waals surface area contributed by atoms with Crippen molar-refractivity contribution in [3.8, 4) is 0 Å². The first-order chi connectivity index (χ1) is 8.79. The molecule has 5 nitrogen and oxygen atoms in total. The van der Waals surface area contributed by atoms with E-state index in [-0.39, 0.29) is 0 Å². The Morgan fingerprint density at radius 2 is 1.94 bits per heavy atom. The van der Waals surface area contributed by atoms with Crippen molar-refractivity contribution in [1.82, 2.24) is 15.2 Å². The molecule has 0 unspecified atom stereocenters. The fourth-order valence-electron chi connectivity index (χ4n) is 1.63. The summed E-state index contributed by atoms with van der Waals surface area (Å²) in [6.45, 7) is 2.06. The maximum absolute atomic E-state index is 4.37. The second kappa shape index (κ2) is 4.60. The van der Waals surface area contributed by atoms with Gasteiger partial charge >= 0.3 is 0 Å². The van der Waals surface area contributed by atoms with E-state index in [0.717, 1.165) is 11.5 Å². The van der Waals surface area contributed by atoms with Crippen molar-refractivity contribution in [2.45, 2.75) is 25.8 Å². The Balaban J connectivity index is 1.73. The van der Waals surface area contributed by atoms with Crippen LogP contribution in [0.5, 0.6) is 0 Å². The molecule has 0 aliphatic heterocycles. The summed E-state index contributed by atoms with van der Waals surface area (Å²) in [6.07, 6.45) is 4.08. The molecule has 1 aromatic heterocycles. The second-order valence-corrected chi connectivity index (χ2v) is 4.57. The number of rotatable bonds is 4. The van der Waals surface area contributed by atoms with Gasteiger partial charge in [-0.1, -0.05) is 17.7 Å². The van der Waals surface area contributed by atoms with Gasteiger partial charge in [0.1, 0.15) is 0 Å². The van der Waals surface area contributed by atoms with Gasteiger partial charge in [-0.2, -0.15) is 10.1 Å². The third kappa shape index (κ3) is 2.74. The largest absolute Gasteiger partial charge is 0.366 e. The number of nitrogens with one attached hydrogen (secondary N) is 2. The van der Waals surface area contributed by atoms with Crippen molar-refractivity contribution in [3.63, 3.8) is 0 Å². The van der Waals surface area contributed by atoms with Crippen molar-refractivity contribution in [2.24, 2.45) is 0 Å². The van der Waals surface area contributed by atoms with E-state index in [1.165, 1.54) is 18.4 Å². The number of benzene rings is 1. The molecule has 3 rings (SSSR count). The van der Waals surface area contributed by atoms with Crippen molar-refractivity contribution >= 4 is 17.5 Å². The molecule has 0 bridgehead atoms. The van der Waals surface area contributed by atoms with Gasteiger partial charge in [0.05, 0.1) is 6.20 Å². The summed E-state index contributed by atoms with van der Waals surface area (Å²) in [5.74, 6) is 1.30. The number of aromatic nitrogens is 3. The molecule has 2 aromatic rings. The van der Waals surface area contributed by atoms with Crippen molar-refractivity contribution in [1.29, 1.82) is 0 Å². The van der Waals surface area contributed by atoms with E-state index >= 15 is 0 Å². The van der Waals surface area contributed by atoms with Crippen LogP contribution in [0.1, 0.15) is 18.4 Å². The molecule has 2 N–H and O–H groups in total. The van der Waals surface area contributed by atoms with Gasteiger partial charge in [0.2, 0.25) is 5.95 Å². The average molecular weight is 241 g/mol. The van der Waals surface area contributed by atoms with Crippen molar-refractivity contribution in [3.05, 3.63) is 36.0 Å². The molecule has 0 atom stereocenters. The summed E-state index contributed by atoms with van der Waals surface area (Å²) in [6, 6.07) is 8.65. The molecule has 1 aliphatic carbocycles. The first-order valence-electron chi connectivity index (χ1n) is 6.09. The Morgan fingerprint density at radius 1 is 1.17 bits per heavy atom. The zero-order chi connectivity index (χ0) is 12.4. The Morgan fingerprint density at radius 3 is 2.67 bits per heavy atom. The minimum atomic E-state index is 0.518. The maximum Gasteiger partial charge on any atom is 0.249 e. The zero-order valence-electron chi connectivity index (χ0n) is 10.2. The molecule has 1 aromatic carbocycles. The third-order valence-electron chi connectivity index (χ3n) is 2.80.